The number of hydrogen-bond acceptors (Lipinski definition) is 3. The molecule has 0 aliphatic rings. The molecular formula is C9H13N5O. The Kier molecular flexibility index (Phi) is 3.29. The largest absolute Gasteiger partial charge is 0.369 e. The van der Waals surface area contributed by atoms with Gasteiger partial charge >= 0.3 is 0 Å². The molecule has 1 heterocycles. The first-order valence-electron chi connectivity index (χ1n) is 4.53. The van der Waals surface area contributed by atoms with Gasteiger partial charge in [0, 0.05) is 20.6 Å². The summed E-state index contributed by atoms with van der Waals surface area (Å²) in [7, 11) is 3.58. The summed E-state index contributed by atoms with van der Waals surface area (Å²) in [6, 6.07) is 1.91. The normalized spacial score (nSPS) is 10.5. The molecule has 0 saturated heterocycles. The Balaban J connectivity index is 3.22. The zero-order valence-electron chi connectivity index (χ0n) is 8.98. The van der Waals surface area contributed by atoms with E-state index < -0.39 is 0 Å². The minimum absolute atomic E-state index is 0.160. The van der Waals surface area contributed by atoms with Crippen LogP contribution < -0.4 is 5.56 Å². The van der Waals surface area contributed by atoms with Gasteiger partial charge in [-0.15, -0.1) is 0 Å². The molecule has 1 rings (SSSR count). The second kappa shape index (κ2) is 4.46. The molecule has 0 saturated carbocycles. The number of hydrogen-bond donors (Lipinski definition) is 1. The molecule has 0 aromatic carbocycles. The zero-order chi connectivity index (χ0) is 11.4. The summed E-state index contributed by atoms with van der Waals surface area (Å²) in [5.74, 6) is 0. The third kappa shape index (κ3) is 2.26. The Morgan fingerprint density at radius 3 is 2.80 bits per heavy atom. The molecule has 1 aromatic rings. The number of aliphatic imine (C=N–C) groups is 1. The predicted octanol–water partition coefficient (Wildman–Crippen LogP) is 0.289. The average Bonchev–Trinajstić information content (AvgIpc) is 2.51. The van der Waals surface area contributed by atoms with Crippen LogP contribution in [0.25, 0.3) is 0 Å². The lowest BCUT2D eigenvalue weighted by molar-refractivity contribution is 0.635. The molecule has 0 amide bonds. The lowest BCUT2D eigenvalue weighted by Gasteiger charge is -2.00. The van der Waals surface area contributed by atoms with Gasteiger partial charge in [-0.3, -0.25) is 14.6 Å². The van der Waals surface area contributed by atoms with Crippen LogP contribution in [0.5, 0.6) is 0 Å². The van der Waals surface area contributed by atoms with Crippen LogP contribution in [0.1, 0.15) is 12.6 Å². The van der Waals surface area contributed by atoms with Crippen LogP contribution in [0.15, 0.2) is 9.79 Å². The van der Waals surface area contributed by atoms with Crippen LogP contribution in [0.4, 0.5) is 5.69 Å². The first kappa shape index (κ1) is 11.0. The third-order valence-corrected chi connectivity index (χ3v) is 1.78. The van der Waals surface area contributed by atoms with Crippen LogP contribution in [-0.2, 0) is 6.54 Å². The van der Waals surface area contributed by atoms with Crippen molar-refractivity contribution < 1.29 is 0 Å². The van der Waals surface area contributed by atoms with E-state index in [1.807, 2.05) is 13.0 Å². The Morgan fingerprint density at radius 2 is 2.33 bits per heavy atom. The number of nitriles is 1. The molecule has 0 atom stereocenters. The first-order chi connectivity index (χ1) is 7.10. The van der Waals surface area contributed by atoms with Crippen LogP contribution in [-0.4, -0.2) is 35.1 Å². The van der Waals surface area contributed by atoms with Crippen molar-refractivity contribution in [1.29, 1.82) is 5.26 Å². The molecular weight excluding hydrogens is 194 g/mol. The quantitative estimate of drug-likeness (QED) is 0.571. The number of aromatic amines is 1. The van der Waals surface area contributed by atoms with Gasteiger partial charge in [0.25, 0.3) is 5.56 Å². The SMILES string of the molecule is CCn1[nH]c(C#N)c(N=CN(C)C)c1=O. The summed E-state index contributed by atoms with van der Waals surface area (Å²) < 4.78 is 1.35. The first-order valence-corrected chi connectivity index (χ1v) is 4.53. The molecule has 0 fully saturated rings. The van der Waals surface area contributed by atoms with Crippen molar-refractivity contribution in [2.45, 2.75) is 13.5 Å². The van der Waals surface area contributed by atoms with E-state index >= 15 is 0 Å². The predicted molar refractivity (Wildman–Crippen MR) is 57.3 cm³/mol. The third-order valence-electron chi connectivity index (χ3n) is 1.78. The van der Waals surface area contributed by atoms with Gasteiger partial charge in [-0.1, -0.05) is 0 Å². The second-order valence-corrected chi connectivity index (χ2v) is 3.20. The van der Waals surface area contributed by atoms with Gasteiger partial charge in [0.15, 0.2) is 11.4 Å². The summed E-state index contributed by atoms with van der Waals surface area (Å²) in [5.41, 5.74) is 0.0835. The van der Waals surface area contributed by atoms with E-state index in [4.69, 9.17) is 5.26 Å². The number of nitrogens with one attached hydrogen (secondary N) is 1. The Morgan fingerprint density at radius 1 is 1.67 bits per heavy atom. The van der Waals surface area contributed by atoms with Crippen LogP contribution >= 0.6 is 0 Å². The second-order valence-electron chi connectivity index (χ2n) is 3.20. The van der Waals surface area contributed by atoms with Gasteiger partial charge in [0.2, 0.25) is 0 Å². The Labute approximate surface area is 87.4 Å². The summed E-state index contributed by atoms with van der Waals surface area (Å²) in [6.07, 6.45) is 1.49. The van der Waals surface area contributed by atoms with E-state index in [0.29, 0.717) is 6.54 Å². The van der Waals surface area contributed by atoms with Crippen LogP contribution in [0.2, 0.25) is 0 Å². The van der Waals surface area contributed by atoms with E-state index in [0.717, 1.165) is 0 Å². The maximum Gasteiger partial charge on any atom is 0.293 e. The molecule has 0 spiro atoms. The van der Waals surface area contributed by atoms with Crippen molar-refractivity contribution >= 4 is 12.0 Å². The Bertz CT molecular complexity index is 460. The maximum absolute atomic E-state index is 11.6. The van der Waals surface area contributed by atoms with Gasteiger partial charge < -0.3 is 4.90 Å². The minimum atomic E-state index is -0.271. The molecule has 0 aliphatic heterocycles. The van der Waals surface area contributed by atoms with Gasteiger partial charge in [0.1, 0.15) is 6.07 Å². The van der Waals surface area contributed by atoms with E-state index in [2.05, 4.69) is 10.1 Å². The maximum atomic E-state index is 11.6. The topological polar surface area (TPSA) is 77.2 Å². The van der Waals surface area contributed by atoms with Crippen molar-refractivity contribution in [3.8, 4) is 6.07 Å². The highest BCUT2D eigenvalue weighted by molar-refractivity contribution is 5.62. The fourth-order valence-electron chi connectivity index (χ4n) is 1.07. The molecule has 1 N–H and O–H groups in total. The molecule has 0 unspecified atom stereocenters. The smallest absolute Gasteiger partial charge is 0.293 e. The van der Waals surface area contributed by atoms with Gasteiger partial charge in [0.05, 0.1) is 6.34 Å². The van der Waals surface area contributed by atoms with E-state index in [1.165, 1.54) is 11.0 Å². The summed E-state index contributed by atoms with van der Waals surface area (Å²) in [5, 5.41) is 11.5. The molecule has 1 aromatic heterocycles. The van der Waals surface area contributed by atoms with Gasteiger partial charge in [-0.2, -0.15) is 5.26 Å². The van der Waals surface area contributed by atoms with E-state index in [1.54, 1.807) is 19.0 Å². The average molecular weight is 207 g/mol. The highest BCUT2D eigenvalue weighted by Gasteiger charge is 2.11. The van der Waals surface area contributed by atoms with E-state index in [-0.39, 0.29) is 16.9 Å². The van der Waals surface area contributed by atoms with Crippen LogP contribution in [0, 0.1) is 11.3 Å². The number of rotatable bonds is 3. The van der Waals surface area contributed by atoms with Crippen molar-refractivity contribution in [2.75, 3.05) is 14.1 Å². The fraction of sp³-hybridized carbons (Fsp3) is 0.444. The van der Waals surface area contributed by atoms with Gasteiger partial charge in [-0.25, -0.2) is 4.99 Å². The highest BCUT2D eigenvalue weighted by atomic mass is 16.1. The Hall–Kier alpha value is -2.03. The standard InChI is InChI=1S/C9H13N5O/c1-4-14-9(15)8(7(5-10)12-14)11-6-13(2)3/h6,12H,4H2,1-3H3. The van der Waals surface area contributed by atoms with E-state index in [9.17, 15) is 4.79 Å². The van der Waals surface area contributed by atoms with Crippen LogP contribution in [0.3, 0.4) is 0 Å². The molecule has 15 heavy (non-hydrogen) atoms. The fourth-order valence-corrected chi connectivity index (χ4v) is 1.07. The van der Waals surface area contributed by atoms with Crippen molar-refractivity contribution in [2.24, 2.45) is 4.99 Å². The van der Waals surface area contributed by atoms with Gasteiger partial charge in [-0.05, 0) is 6.92 Å². The lowest BCUT2D eigenvalue weighted by Crippen LogP contribution is -2.15. The molecule has 0 aliphatic carbocycles. The minimum Gasteiger partial charge on any atom is -0.369 e. The summed E-state index contributed by atoms with van der Waals surface area (Å²) in [4.78, 5) is 17.3. The molecule has 6 nitrogen and oxygen atoms in total. The number of nitrogens with zero attached hydrogens (tertiary/aromatic N) is 4. The molecule has 6 heteroatoms. The summed E-state index contributed by atoms with van der Waals surface area (Å²) >= 11 is 0. The summed E-state index contributed by atoms with van der Waals surface area (Å²) in [6.45, 7) is 2.31. The molecule has 0 bridgehead atoms. The number of aromatic nitrogens is 2. The molecule has 80 valence electrons. The lowest BCUT2D eigenvalue weighted by atomic mass is 10.4. The van der Waals surface area contributed by atoms with Crippen molar-refractivity contribution in [1.82, 2.24) is 14.7 Å². The molecule has 0 radical (unpaired) electrons. The van der Waals surface area contributed by atoms with Crippen molar-refractivity contribution in [3.63, 3.8) is 0 Å². The monoisotopic (exact) mass is 207 g/mol. The number of aryl methyl sites for hydroxylation is 1. The zero-order valence-corrected chi connectivity index (χ0v) is 8.98. The highest BCUT2D eigenvalue weighted by Crippen LogP contribution is 2.09. The van der Waals surface area contributed by atoms with Crippen molar-refractivity contribution in [3.05, 3.63) is 16.0 Å². The number of H-pyrrole nitrogens is 1.